The van der Waals surface area contributed by atoms with Gasteiger partial charge in [0, 0.05) is 13.0 Å². The van der Waals surface area contributed by atoms with E-state index in [4.69, 9.17) is 14.9 Å². The minimum absolute atomic E-state index is 0.0545. The van der Waals surface area contributed by atoms with E-state index in [1.165, 1.54) is 0 Å². The zero-order valence-electron chi connectivity index (χ0n) is 6.19. The summed E-state index contributed by atoms with van der Waals surface area (Å²) in [6, 6.07) is 0. The van der Waals surface area contributed by atoms with Crippen LogP contribution in [0.1, 0.15) is 19.3 Å². The number of aliphatic hydroxyl groups excluding tert-OH is 1. The summed E-state index contributed by atoms with van der Waals surface area (Å²) in [5.74, 6) is -1.17. The minimum Gasteiger partial charge on any atom is -0.479 e. The molecule has 1 rings (SSSR count). The Kier molecular flexibility index (Phi) is 2.84. The summed E-state index contributed by atoms with van der Waals surface area (Å²) in [4.78, 5) is 10.2. The van der Waals surface area contributed by atoms with E-state index in [-0.39, 0.29) is 12.5 Å². The topological polar surface area (TPSA) is 66.8 Å². The lowest BCUT2D eigenvalue weighted by atomic mass is 10.1. The van der Waals surface area contributed by atoms with Gasteiger partial charge in [0.2, 0.25) is 0 Å². The first-order chi connectivity index (χ1) is 5.20. The molecule has 1 fully saturated rings. The van der Waals surface area contributed by atoms with E-state index in [2.05, 4.69) is 0 Å². The normalized spacial score (nSPS) is 26.8. The van der Waals surface area contributed by atoms with Gasteiger partial charge in [-0.25, -0.2) is 4.79 Å². The molecule has 1 heterocycles. The maximum atomic E-state index is 10.2. The molecule has 0 spiro atoms. The molecule has 0 bridgehead atoms. The van der Waals surface area contributed by atoms with Crippen LogP contribution in [0.3, 0.4) is 0 Å². The van der Waals surface area contributed by atoms with Crippen LogP contribution in [0.15, 0.2) is 0 Å². The van der Waals surface area contributed by atoms with E-state index in [0.29, 0.717) is 6.61 Å². The van der Waals surface area contributed by atoms with Crippen molar-refractivity contribution >= 4 is 5.97 Å². The van der Waals surface area contributed by atoms with Crippen LogP contribution < -0.4 is 0 Å². The molecule has 0 aromatic carbocycles. The van der Waals surface area contributed by atoms with E-state index in [1.54, 1.807) is 0 Å². The molecule has 0 radical (unpaired) electrons. The molecular formula is C7H12O4. The number of hydrogen-bond donors (Lipinski definition) is 2. The molecule has 1 aliphatic heterocycles. The molecule has 1 unspecified atom stereocenters. The Balaban J connectivity index is 2.23. The molecule has 2 N–H and O–H groups in total. The van der Waals surface area contributed by atoms with Crippen LogP contribution in [0.2, 0.25) is 0 Å². The van der Waals surface area contributed by atoms with E-state index < -0.39 is 12.1 Å². The Morgan fingerprint density at radius 2 is 2.45 bits per heavy atom. The van der Waals surface area contributed by atoms with Gasteiger partial charge in [0.05, 0.1) is 6.10 Å². The lowest BCUT2D eigenvalue weighted by Crippen LogP contribution is -2.25. The van der Waals surface area contributed by atoms with Gasteiger partial charge < -0.3 is 14.9 Å². The molecule has 11 heavy (non-hydrogen) atoms. The summed E-state index contributed by atoms with van der Waals surface area (Å²) in [7, 11) is 0. The Morgan fingerprint density at radius 1 is 1.73 bits per heavy atom. The third kappa shape index (κ3) is 2.48. The fourth-order valence-electron chi connectivity index (χ4n) is 1.18. The highest BCUT2D eigenvalue weighted by Gasteiger charge is 2.23. The maximum Gasteiger partial charge on any atom is 0.332 e. The second kappa shape index (κ2) is 3.69. The molecule has 0 saturated carbocycles. The zero-order chi connectivity index (χ0) is 8.27. The van der Waals surface area contributed by atoms with Gasteiger partial charge in [-0.15, -0.1) is 0 Å². The fourth-order valence-corrected chi connectivity index (χ4v) is 1.18. The predicted molar refractivity (Wildman–Crippen MR) is 37.2 cm³/mol. The molecule has 0 aromatic rings. The molecule has 1 aliphatic rings. The number of carboxylic acid groups (broad SMARTS) is 1. The van der Waals surface area contributed by atoms with E-state index in [0.717, 1.165) is 12.8 Å². The molecule has 0 aliphatic carbocycles. The van der Waals surface area contributed by atoms with Crippen molar-refractivity contribution in [1.82, 2.24) is 0 Å². The highest BCUT2D eigenvalue weighted by atomic mass is 16.5. The van der Waals surface area contributed by atoms with Crippen molar-refractivity contribution in [1.29, 1.82) is 0 Å². The van der Waals surface area contributed by atoms with Crippen LogP contribution in [-0.2, 0) is 9.53 Å². The van der Waals surface area contributed by atoms with Crippen LogP contribution in [0.4, 0.5) is 0 Å². The summed E-state index contributed by atoms with van der Waals surface area (Å²) < 4.78 is 5.15. The smallest absolute Gasteiger partial charge is 0.332 e. The highest BCUT2D eigenvalue weighted by molar-refractivity contribution is 5.71. The third-order valence-corrected chi connectivity index (χ3v) is 1.80. The van der Waals surface area contributed by atoms with Gasteiger partial charge in [0.25, 0.3) is 0 Å². The Hall–Kier alpha value is -0.610. The van der Waals surface area contributed by atoms with E-state index in [9.17, 15) is 4.79 Å². The van der Waals surface area contributed by atoms with Crippen LogP contribution in [-0.4, -0.2) is 35.0 Å². The number of carbonyl (C=O) groups is 1. The summed E-state index contributed by atoms with van der Waals surface area (Å²) in [5, 5.41) is 17.2. The molecule has 2 atom stereocenters. The molecule has 64 valence electrons. The lowest BCUT2D eigenvalue weighted by molar-refractivity contribution is -0.148. The van der Waals surface area contributed by atoms with Gasteiger partial charge in [-0.3, -0.25) is 0 Å². The Morgan fingerprint density at radius 3 is 2.91 bits per heavy atom. The highest BCUT2D eigenvalue weighted by Crippen LogP contribution is 2.16. The second-order valence-electron chi connectivity index (χ2n) is 2.72. The zero-order valence-corrected chi connectivity index (χ0v) is 6.19. The van der Waals surface area contributed by atoms with Gasteiger partial charge in [-0.2, -0.15) is 0 Å². The van der Waals surface area contributed by atoms with Crippen molar-refractivity contribution in [2.75, 3.05) is 6.61 Å². The van der Waals surface area contributed by atoms with Gasteiger partial charge in [-0.05, 0) is 12.8 Å². The quantitative estimate of drug-likeness (QED) is 0.610. The first-order valence-corrected chi connectivity index (χ1v) is 3.72. The summed E-state index contributed by atoms with van der Waals surface area (Å²) in [6.45, 7) is 0.691. The number of aliphatic hydroxyl groups is 1. The second-order valence-corrected chi connectivity index (χ2v) is 2.72. The van der Waals surface area contributed by atoms with Crippen molar-refractivity contribution in [3.05, 3.63) is 0 Å². The van der Waals surface area contributed by atoms with Gasteiger partial charge in [-0.1, -0.05) is 0 Å². The SMILES string of the molecule is O=C(O)C(O)C[C@H]1CCCO1. The number of rotatable bonds is 3. The van der Waals surface area contributed by atoms with Gasteiger partial charge >= 0.3 is 5.97 Å². The lowest BCUT2D eigenvalue weighted by Gasteiger charge is -2.10. The standard InChI is InChI=1S/C7H12O4/c8-6(7(9)10)4-5-2-1-3-11-5/h5-6,8H,1-4H2,(H,9,10)/t5-,6?/m1/s1. The molecule has 0 amide bonds. The van der Waals surface area contributed by atoms with Gasteiger partial charge in [0.1, 0.15) is 0 Å². The molecule has 4 heteroatoms. The molecule has 0 aromatic heterocycles. The van der Waals surface area contributed by atoms with Crippen LogP contribution >= 0.6 is 0 Å². The number of ether oxygens (including phenoxy) is 1. The predicted octanol–water partition coefficient (Wildman–Crippen LogP) is 0.00100. The van der Waals surface area contributed by atoms with E-state index in [1.807, 2.05) is 0 Å². The number of carboxylic acids is 1. The first kappa shape index (κ1) is 8.49. The van der Waals surface area contributed by atoms with Crippen LogP contribution in [0, 0.1) is 0 Å². The van der Waals surface area contributed by atoms with Crippen LogP contribution in [0.5, 0.6) is 0 Å². The van der Waals surface area contributed by atoms with Crippen molar-refractivity contribution in [3.8, 4) is 0 Å². The molecule has 1 saturated heterocycles. The Bertz CT molecular complexity index is 139. The largest absolute Gasteiger partial charge is 0.479 e. The fraction of sp³-hybridized carbons (Fsp3) is 0.857. The molecule has 4 nitrogen and oxygen atoms in total. The van der Waals surface area contributed by atoms with Crippen LogP contribution in [0.25, 0.3) is 0 Å². The van der Waals surface area contributed by atoms with Crippen molar-refractivity contribution < 1.29 is 19.7 Å². The minimum atomic E-state index is -1.27. The number of hydrogen-bond acceptors (Lipinski definition) is 3. The monoisotopic (exact) mass is 160 g/mol. The number of aliphatic carboxylic acids is 1. The average molecular weight is 160 g/mol. The van der Waals surface area contributed by atoms with E-state index >= 15 is 0 Å². The van der Waals surface area contributed by atoms with Crippen molar-refractivity contribution in [2.24, 2.45) is 0 Å². The van der Waals surface area contributed by atoms with Crippen molar-refractivity contribution in [3.63, 3.8) is 0 Å². The summed E-state index contributed by atoms with van der Waals surface area (Å²) in [5.41, 5.74) is 0. The van der Waals surface area contributed by atoms with Gasteiger partial charge in [0.15, 0.2) is 6.10 Å². The Labute approximate surface area is 64.8 Å². The summed E-state index contributed by atoms with van der Waals surface area (Å²) in [6.07, 6.45) is 0.732. The van der Waals surface area contributed by atoms with Crippen molar-refractivity contribution in [2.45, 2.75) is 31.5 Å². The third-order valence-electron chi connectivity index (χ3n) is 1.80. The molecular weight excluding hydrogens is 148 g/mol. The first-order valence-electron chi connectivity index (χ1n) is 3.72. The summed E-state index contributed by atoms with van der Waals surface area (Å²) >= 11 is 0. The maximum absolute atomic E-state index is 10.2. The average Bonchev–Trinajstić information content (AvgIpc) is 2.39.